The molecule has 318 valence electrons. The molecular weight excluding hydrogens is 821 g/mol. The van der Waals surface area contributed by atoms with Gasteiger partial charge in [0.2, 0.25) is 0 Å². The standard InChI is InChI=1S/C66H44N2/c1-5-19-45(20-6-1)49-33-37-61-57(41-49)58-42-50(46-21-7-2-8-22-46)34-38-62(58)67(61)65-31-17-18-32-66(65)68-63-39-35-51(55-29-15-13-27-53(55)47-23-9-3-10-24-47)43-59(63)60-44-52(36-40-64(60)68)56-30-16-14-28-54(56)48-25-11-4-12-26-48/h1-44H. The Morgan fingerprint density at radius 3 is 0.765 bits per heavy atom. The topological polar surface area (TPSA) is 9.86 Å². The first kappa shape index (κ1) is 39.4. The molecule has 68 heavy (non-hydrogen) atoms. The molecule has 2 heteroatoms. The molecule has 2 heterocycles. The number of nitrogens with zero attached hydrogens (tertiary/aromatic N) is 2. The monoisotopic (exact) mass is 864 g/mol. The van der Waals surface area contributed by atoms with Crippen LogP contribution >= 0.6 is 0 Å². The van der Waals surface area contributed by atoms with Gasteiger partial charge in [0.15, 0.2) is 0 Å². The van der Waals surface area contributed by atoms with Gasteiger partial charge in [0.05, 0.1) is 33.4 Å². The van der Waals surface area contributed by atoms with E-state index in [1.165, 1.54) is 88.3 Å². The van der Waals surface area contributed by atoms with Crippen LogP contribution in [0.25, 0.3) is 122 Å². The molecule has 0 bridgehead atoms. The van der Waals surface area contributed by atoms with Crippen LogP contribution in [0.3, 0.4) is 0 Å². The fraction of sp³-hybridized carbons (Fsp3) is 0. The van der Waals surface area contributed by atoms with E-state index in [0.29, 0.717) is 0 Å². The molecule has 0 N–H and O–H groups in total. The first-order valence-corrected chi connectivity index (χ1v) is 23.4. The van der Waals surface area contributed by atoms with Gasteiger partial charge >= 0.3 is 0 Å². The second-order valence-corrected chi connectivity index (χ2v) is 17.6. The van der Waals surface area contributed by atoms with Gasteiger partial charge in [0, 0.05) is 21.5 Å². The smallest absolute Gasteiger partial charge is 0.0702 e. The van der Waals surface area contributed by atoms with Gasteiger partial charge in [-0.1, -0.05) is 206 Å². The van der Waals surface area contributed by atoms with Gasteiger partial charge < -0.3 is 9.13 Å². The van der Waals surface area contributed by atoms with E-state index in [4.69, 9.17) is 0 Å². The molecule has 0 aliphatic heterocycles. The van der Waals surface area contributed by atoms with E-state index in [0.717, 1.165) is 33.4 Å². The van der Waals surface area contributed by atoms with Crippen LogP contribution in [0.1, 0.15) is 0 Å². The first-order valence-electron chi connectivity index (χ1n) is 23.4. The zero-order chi connectivity index (χ0) is 45.0. The molecule has 0 saturated carbocycles. The van der Waals surface area contributed by atoms with Gasteiger partial charge in [-0.2, -0.15) is 0 Å². The minimum Gasteiger partial charge on any atom is -0.307 e. The molecule has 13 aromatic rings. The van der Waals surface area contributed by atoms with Crippen molar-refractivity contribution in [2.24, 2.45) is 0 Å². The van der Waals surface area contributed by atoms with E-state index >= 15 is 0 Å². The highest BCUT2D eigenvalue weighted by atomic mass is 15.1. The normalized spacial score (nSPS) is 11.5. The molecule has 0 aliphatic carbocycles. The highest BCUT2D eigenvalue weighted by Gasteiger charge is 2.22. The fourth-order valence-electron chi connectivity index (χ4n) is 10.6. The Morgan fingerprint density at radius 2 is 0.426 bits per heavy atom. The maximum absolute atomic E-state index is 2.49. The summed E-state index contributed by atoms with van der Waals surface area (Å²) < 4.78 is 4.98. The van der Waals surface area contributed by atoms with Gasteiger partial charge in [-0.3, -0.25) is 0 Å². The summed E-state index contributed by atoms with van der Waals surface area (Å²) in [4.78, 5) is 0. The largest absolute Gasteiger partial charge is 0.307 e. The second kappa shape index (κ2) is 16.5. The molecule has 2 nitrogen and oxygen atoms in total. The molecule has 2 aromatic heterocycles. The molecule has 0 spiro atoms. The summed E-state index contributed by atoms with van der Waals surface area (Å²) in [6.45, 7) is 0. The Balaban J connectivity index is 1.07. The molecule has 13 rings (SSSR count). The van der Waals surface area contributed by atoms with Crippen LogP contribution in [0.5, 0.6) is 0 Å². The van der Waals surface area contributed by atoms with Crippen LogP contribution in [-0.4, -0.2) is 9.13 Å². The summed E-state index contributed by atoms with van der Waals surface area (Å²) in [6.07, 6.45) is 0. The molecular formula is C66H44N2. The number of rotatable bonds is 8. The van der Waals surface area contributed by atoms with Crippen molar-refractivity contribution in [2.45, 2.75) is 0 Å². The summed E-state index contributed by atoms with van der Waals surface area (Å²) in [6, 6.07) is 97.5. The number of aromatic nitrogens is 2. The van der Waals surface area contributed by atoms with Gasteiger partial charge in [0.1, 0.15) is 0 Å². The summed E-state index contributed by atoms with van der Waals surface area (Å²) in [7, 11) is 0. The average Bonchev–Trinajstić information content (AvgIpc) is 3.93. The fourth-order valence-corrected chi connectivity index (χ4v) is 10.6. The van der Waals surface area contributed by atoms with E-state index in [2.05, 4.69) is 276 Å². The maximum atomic E-state index is 2.49. The summed E-state index contributed by atoms with van der Waals surface area (Å²) in [5.41, 5.74) is 21.3. The van der Waals surface area contributed by atoms with E-state index in [1.807, 2.05) is 0 Å². The van der Waals surface area contributed by atoms with Crippen LogP contribution in [0.15, 0.2) is 267 Å². The number of fused-ring (bicyclic) bond motifs is 6. The Kier molecular flexibility index (Phi) is 9.54. The Morgan fingerprint density at radius 1 is 0.176 bits per heavy atom. The molecule has 0 radical (unpaired) electrons. The lowest BCUT2D eigenvalue weighted by atomic mass is 9.92. The minimum absolute atomic E-state index is 1.11. The zero-order valence-electron chi connectivity index (χ0n) is 37.3. The minimum atomic E-state index is 1.11. The Bertz CT molecular complexity index is 3760. The van der Waals surface area contributed by atoms with Crippen molar-refractivity contribution in [1.82, 2.24) is 9.13 Å². The van der Waals surface area contributed by atoms with E-state index in [1.54, 1.807) is 0 Å². The maximum Gasteiger partial charge on any atom is 0.0702 e. The molecule has 0 unspecified atom stereocenters. The molecule has 0 saturated heterocycles. The third-order valence-corrected chi connectivity index (χ3v) is 13.8. The van der Waals surface area contributed by atoms with Crippen molar-refractivity contribution in [3.05, 3.63) is 267 Å². The number of benzene rings is 11. The van der Waals surface area contributed by atoms with Crippen molar-refractivity contribution in [2.75, 3.05) is 0 Å². The van der Waals surface area contributed by atoms with E-state index < -0.39 is 0 Å². The molecule has 11 aromatic carbocycles. The first-order chi connectivity index (χ1) is 33.7. The number of hydrogen-bond donors (Lipinski definition) is 0. The molecule has 0 atom stereocenters. The average molecular weight is 865 g/mol. The third-order valence-electron chi connectivity index (χ3n) is 13.8. The summed E-state index contributed by atoms with van der Waals surface area (Å²) in [5, 5.41) is 4.85. The highest BCUT2D eigenvalue weighted by molar-refractivity contribution is 6.14. The van der Waals surface area contributed by atoms with Crippen molar-refractivity contribution in [3.63, 3.8) is 0 Å². The Labute approximate surface area is 395 Å². The van der Waals surface area contributed by atoms with E-state index in [9.17, 15) is 0 Å². The van der Waals surface area contributed by atoms with Crippen LogP contribution in [0.4, 0.5) is 0 Å². The van der Waals surface area contributed by atoms with Crippen LogP contribution < -0.4 is 0 Å². The van der Waals surface area contributed by atoms with Gasteiger partial charge in [-0.05, 0) is 127 Å². The van der Waals surface area contributed by atoms with Gasteiger partial charge in [-0.15, -0.1) is 0 Å². The Hall–Kier alpha value is -8.98. The SMILES string of the molecule is c1ccc(-c2ccc3c(c2)c2cc(-c4ccccc4)ccc2n3-c2ccccc2-n2c3ccc(-c4ccccc4-c4ccccc4)cc3c3cc(-c4ccccc4-c4ccccc4)ccc32)cc1. The van der Waals surface area contributed by atoms with Crippen molar-refractivity contribution in [3.8, 4) is 78.1 Å². The molecule has 0 fully saturated rings. The van der Waals surface area contributed by atoms with Crippen molar-refractivity contribution in [1.29, 1.82) is 0 Å². The molecule has 0 aliphatic rings. The number of para-hydroxylation sites is 2. The lowest BCUT2D eigenvalue weighted by molar-refractivity contribution is 1.10. The second-order valence-electron chi connectivity index (χ2n) is 17.6. The predicted molar refractivity (Wildman–Crippen MR) is 288 cm³/mol. The van der Waals surface area contributed by atoms with Crippen molar-refractivity contribution < 1.29 is 0 Å². The van der Waals surface area contributed by atoms with Crippen molar-refractivity contribution >= 4 is 43.6 Å². The number of hydrogen-bond acceptors (Lipinski definition) is 0. The third kappa shape index (κ3) is 6.65. The lowest BCUT2D eigenvalue weighted by Gasteiger charge is -2.17. The summed E-state index contributed by atoms with van der Waals surface area (Å²) in [5.74, 6) is 0. The quantitative estimate of drug-likeness (QED) is 0.144. The highest BCUT2D eigenvalue weighted by Crippen LogP contribution is 2.44. The lowest BCUT2D eigenvalue weighted by Crippen LogP contribution is -2.03. The van der Waals surface area contributed by atoms with Crippen LogP contribution in [0.2, 0.25) is 0 Å². The zero-order valence-corrected chi connectivity index (χ0v) is 37.3. The van der Waals surface area contributed by atoms with Crippen LogP contribution in [0, 0.1) is 0 Å². The van der Waals surface area contributed by atoms with Gasteiger partial charge in [-0.25, -0.2) is 0 Å². The van der Waals surface area contributed by atoms with E-state index in [-0.39, 0.29) is 0 Å². The van der Waals surface area contributed by atoms with Crippen LogP contribution in [-0.2, 0) is 0 Å². The van der Waals surface area contributed by atoms with Gasteiger partial charge in [0.25, 0.3) is 0 Å². The molecule has 0 amide bonds. The predicted octanol–water partition coefficient (Wildman–Crippen LogP) is 17.9. The summed E-state index contributed by atoms with van der Waals surface area (Å²) >= 11 is 0.